The molecule has 0 saturated heterocycles. The molecule has 6 heteroatoms. The largest absolute Gasteiger partial charge is 0.489 e. The normalized spacial score (nSPS) is 11.4. The Kier molecular flexibility index (Phi) is 5.77. The minimum Gasteiger partial charge on any atom is -0.489 e. The number of carbonyl (C=O) groups is 1. The highest BCUT2D eigenvalue weighted by Gasteiger charge is 2.10. The van der Waals surface area contributed by atoms with Gasteiger partial charge in [0.25, 0.3) is 0 Å². The highest BCUT2D eigenvalue weighted by molar-refractivity contribution is 5.89. The lowest BCUT2D eigenvalue weighted by molar-refractivity contribution is 0.249. The van der Waals surface area contributed by atoms with Gasteiger partial charge in [-0.15, -0.1) is 0 Å². The Hall–Kier alpha value is -3.41. The first kappa shape index (κ1) is 17.4. The lowest BCUT2D eigenvalue weighted by atomic mass is 10.1. The van der Waals surface area contributed by atoms with Crippen LogP contribution in [0.3, 0.4) is 0 Å². The van der Waals surface area contributed by atoms with Crippen molar-refractivity contribution in [3.05, 3.63) is 84.4 Å². The number of nitrogens with one attached hydrogen (secondary N) is 2. The number of hydrogen-bond acceptors (Lipinski definition) is 4. The minimum absolute atomic E-state index is 0.145. The van der Waals surface area contributed by atoms with Crippen molar-refractivity contribution in [1.29, 1.82) is 0 Å². The molecule has 132 valence electrons. The van der Waals surface area contributed by atoms with E-state index in [0.717, 1.165) is 11.1 Å². The van der Waals surface area contributed by atoms with Crippen molar-refractivity contribution in [2.45, 2.75) is 19.6 Å². The summed E-state index contributed by atoms with van der Waals surface area (Å²) in [5.41, 5.74) is 2.58. The number of ether oxygens (including phenoxy) is 1. The molecule has 0 spiro atoms. The minimum atomic E-state index is -0.286. The topological polar surface area (TPSA) is 76.1 Å². The van der Waals surface area contributed by atoms with Crippen molar-refractivity contribution in [3.8, 4) is 5.75 Å². The summed E-state index contributed by atoms with van der Waals surface area (Å²) in [5.74, 6) is 0.673. The maximum Gasteiger partial charge on any atom is 0.319 e. The molecule has 2 aromatic heterocycles. The summed E-state index contributed by atoms with van der Waals surface area (Å²) >= 11 is 0. The van der Waals surface area contributed by atoms with Gasteiger partial charge in [-0.1, -0.05) is 18.2 Å². The third kappa shape index (κ3) is 5.04. The van der Waals surface area contributed by atoms with E-state index in [1.54, 1.807) is 30.9 Å². The van der Waals surface area contributed by atoms with Crippen LogP contribution >= 0.6 is 0 Å². The van der Waals surface area contributed by atoms with Crippen LogP contribution < -0.4 is 15.4 Å². The quantitative estimate of drug-likeness (QED) is 0.707. The molecule has 0 aliphatic carbocycles. The molecule has 26 heavy (non-hydrogen) atoms. The number of hydrogen-bond donors (Lipinski definition) is 2. The van der Waals surface area contributed by atoms with E-state index in [2.05, 4.69) is 20.6 Å². The number of aromatic nitrogens is 2. The summed E-state index contributed by atoms with van der Waals surface area (Å²) in [5, 5.41) is 5.70. The molecule has 0 radical (unpaired) electrons. The Morgan fingerprint density at radius 2 is 1.88 bits per heavy atom. The van der Waals surface area contributed by atoms with Gasteiger partial charge in [0.15, 0.2) is 0 Å². The second kappa shape index (κ2) is 8.62. The average Bonchev–Trinajstić information content (AvgIpc) is 2.68. The van der Waals surface area contributed by atoms with Crippen molar-refractivity contribution >= 4 is 11.7 Å². The molecule has 6 nitrogen and oxygen atoms in total. The van der Waals surface area contributed by atoms with E-state index in [-0.39, 0.29) is 12.1 Å². The first-order valence-electron chi connectivity index (χ1n) is 8.30. The number of benzene rings is 1. The van der Waals surface area contributed by atoms with Gasteiger partial charge in [0.1, 0.15) is 12.4 Å². The number of pyridine rings is 2. The average molecular weight is 348 g/mol. The van der Waals surface area contributed by atoms with Crippen molar-refractivity contribution in [3.63, 3.8) is 0 Å². The zero-order valence-corrected chi connectivity index (χ0v) is 14.4. The number of amides is 2. The van der Waals surface area contributed by atoms with Crippen LogP contribution in [0.1, 0.15) is 24.1 Å². The van der Waals surface area contributed by atoms with Gasteiger partial charge in [0.2, 0.25) is 0 Å². The fourth-order valence-electron chi connectivity index (χ4n) is 2.39. The molecule has 2 amide bonds. The SMILES string of the molecule is C[C@H](NC(=O)Nc1cccc(OCc2cccnc2)c1)c1cccnc1. The standard InChI is InChI=1S/C20H20N4O2/c1-15(17-6-4-10-22-13-17)23-20(25)24-18-7-2-8-19(11-18)26-14-16-5-3-9-21-12-16/h2-13,15H,14H2,1H3,(H2,23,24,25)/t15-/m0/s1. The Morgan fingerprint density at radius 1 is 1.08 bits per heavy atom. The third-order valence-corrected chi connectivity index (χ3v) is 3.75. The summed E-state index contributed by atoms with van der Waals surface area (Å²) in [6, 6.07) is 14.4. The molecule has 2 heterocycles. The van der Waals surface area contributed by atoms with Crippen LogP contribution in [0.5, 0.6) is 5.75 Å². The Labute approximate surface area is 152 Å². The predicted octanol–water partition coefficient (Wildman–Crippen LogP) is 3.94. The zero-order chi connectivity index (χ0) is 18.2. The molecule has 3 aromatic rings. The van der Waals surface area contributed by atoms with Gasteiger partial charge in [0, 0.05) is 42.1 Å². The number of carbonyl (C=O) groups excluding carboxylic acids is 1. The van der Waals surface area contributed by atoms with E-state index < -0.39 is 0 Å². The van der Waals surface area contributed by atoms with E-state index in [1.165, 1.54) is 0 Å². The fourth-order valence-corrected chi connectivity index (χ4v) is 2.39. The predicted molar refractivity (Wildman–Crippen MR) is 99.8 cm³/mol. The molecule has 0 unspecified atom stereocenters. The van der Waals surface area contributed by atoms with Gasteiger partial charge >= 0.3 is 6.03 Å². The lowest BCUT2D eigenvalue weighted by Crippen LogP contribution is -2.31. The molecule has 3 rings (SSSR count). The molecular formula is C20H20N4O2. The van der Waals surface area contributed by atoms with Gasteiger partial charge in [-0.25, -0.2) is 4.79 Å². The number of nitrogens with zero attached hydrogens (tertiary/aromatic N) is 2. The van der Waals surface area contributed by atoms with E-state index in [9.17, 15) is 4.79 Å². The summed E-state index contributed by atoms with van der Waals surface area (Å²) < 4.78 is 5.74. The molecule has 0 fully saturated rings. The van der Waals surface area contributed by atoms with Crippen LogP contribution in [0.15, 0.2) is 73.3 Å². The summed E-state index contributed by atoms with van der Waals surface area (Å²) in [6.07, 6.45) is 6.92. The van der Waals surface area contributed by atoms with Crippen molar-refractivity contribution in [2.75, 3.05) is 5.32 Å². The van der Waals surface area contributed by atoms with E-state index >= 15 is 0 Å². The molecular weight excluding hydrogens is 328 g/mol. The van der Waals surface area contributed by atoms with E-state index in [1.807, 2.05) is 49.4 Å². The second-order valence-corrected chi connectivity index (χ2v) is 5.78. The van der Waals surface area contributed by atoms with Gasteiger partial charge < -0.3 is 15.4 Å². The summed E-state index contributed by atoms with van der Waals surface area (Å²) in [6.45, 7) is 2.32. The molecule has 0 saturated carbocycles. The van der Waals surface area contributed by atoms with Crippen LogP contribution in [0.4, 0.5) is 10.5 Å². The van der Waals surface area contributed by atoms with Gasteiger partial charge in [-0.2, -0.15) is 0 Å². The maximum absolute atomic E-state index is 12.2. The Balaban J connectivity index is 1.55. The Morgan fingerprint density at radius 3 is 2.62 bits per heavy atom. The number of rotatable bonds is 6. The molecule has 0 bridgehead atoms. The van der Waals surface area contributed by atoms with Crippen molar-refractivity contribution < 1.29 is 9.53 Å². The van der Waals surface area contributed by atoms with Gasteiger partial charge in [0.05, 0.1) is 6.04 Å². The molecule has 0 aliphatic rings. The summed E-state index contributed by atoms with van der Waals surface area (Å²) in [7, 11) is 0. The van der Waals surface area contributed by atoms with Crippen molar-refractivity contribution in [2.24, 2.45) is 0 Å². The number of urea groups is 1. The van der Waals surface area contributed by atoms with Crippen LogP contribution in [0.2, 0.25) is 0 Å². The summed E-state index contributed by atoms with van der Waals surface area (Å²) in [4.78, 5) is 20.3. The van der Waals surface area contributed by atoms with Crippen molar-refractivity contribution in [1.82, 2.24) is 15.3 Å². The fraction of sp³-hybridized carbons (Fsp3) is 0.150. The van der Waals surface area contributed by atoms with Crippen LogP contribution in [0.25, 0.3) is 0 Å². The number of anilines is 1. The highest BCUT2D eigenvalue weighted by atomic mass is 16.5. The molecule has 0 aliphatic heterocycles. The first-order chi connectivity index (χ1) is 12.7. The molecule has 1 atom stereocenters. The first-order valence-corrected chi connectivity index (χ1v) is 8.30. The zero-order valence-electron chi connectivity index (χ0n) is 14.4. The smallest absolute Gasteiger partial charge is 0.319 e. The Bertz CT molecular complexity index is 841. The molecule has 2 N–H and O–H groups in total. The third-order valence-electron chi connectivity index (χ3n) is 3.75. The monoisotopic (exact) mass is 348 g/mol. The van der Waals surface area contributed by atoms with Gasteiger partial charge in [-0.3, -0.25) is 9.97 Å². The molecule has 1 aromatic carbocycles. The van der Waals surface area contributed by atoms with E-state index in [4.69, 9.17) is 4.74 Å². The second-order valence-electron chi connectivity index (χ2n) is 5.78. The van der Waals surface area contributed by atoms with Gasteiger partial charge in [-0.05, 0) is 36.8 Å². The maximum atomic E-state index is 12.2. The van der Waals surface area contributed by atoms with Crippen LogP contribution in [-0.2, 0) is 6.61 Å². The highest BCUT2D eigenvalue weighted by Crippen LogP contribution is 2.19. The van der Waals surface area contributed by atoms with Crippen LogP contribution in [-0.4, -0.2) is 16.0 Å². The lowest BCUT2D eigenvalue weighted by Gasteiger charge is -2.15. The van der Waals surface area contributed by atoms with Crippen LogP contribution in [0, 0.1) is 0 Å². The van der Waals surface area contributed by atoms with E-state index in [0.29, 0.717) is 18.0 Å².